The van der Waals surface area contributed by atoms with Crippen molar-refractivity contribution in [2.75, 3.05) is 17.8 Å². The van der Waals surface area contributed by atoms with Crippen LogP contribution in [0, 0.1) is 0 Å². The average molecular weight is 450 g/mol. The summed E-state index contributed by atoms with van der Waals surface area (Å²) >= 11 is 5.82. The largest absolute Gasteiger partial charge is 0.354 e. The van der Waals surface area contributed by atoms with E-state index in [2.05, 4.69) is 10.0 Å². The maximum atomic E-state index is 13.0. The molecule has 2 N–H and O–H groups in total. The molecular formula is C21H24ClN3O4S. The number of nitrogens with zero attached hydrogens (tertiary/aromatic N) is 1. The van der Waals surface area contributed by atoms with Crippen LogP contribution < -0.4 is 10.0 Å². The maximum absolute atomic E-state index is 13.0. The van der Waals surface area contributed by atoms with Crippen molar-refractivity contribution in [3.63, 3.8) is 0 Å². The number of nitrogens with one attached hydrogen (secondary N) is 2. The lowest BCUT2D eigenvalue weighted by Gasteiger charge is -2.24. The van der Waals surface area contributed by atoms with Crippen molar-refractivity contribution in [3.8, 4) is 0 Å². The Balaban J connectivity index is 1.77. The predicted octanol–water partition coefficient (Wildman–Crippen LogP) is 3.27. The summed E-state index contributed by atoms with van der Waals surface area (Å²) < 4.78 is 27.7. The molecule has 1 heterocycles. The summed E-state index contributed by atoms with van der Waals surface area (Å²) in [5, 5.41) is 3.28. The van der Waals surface area contributed by atoms with Crippen LogP contribution in [0.4, 0.5) is 5.69 Å². The van der Waals surface area contributed by atoms with Gasteiger partial charge in [-0.3, -0.25) is 14.3 Å². The quantitative estimate of drug-likeness (QED) is 0.678. The number of rotatable bonds is 7. The Bertz CT molecular complexity index is 1020. The second-order valence-corrected chi connectivity index (χ2v) is 9.21. The SMILES string of the molecule is CCCNC(=O)[C@H]1CCCN1C(=O)c1cccc(NS(=O)(=O)c2ccc(Cl)cc2)c1. The van der Waals surface area contributed by atoms with E-state index in [-0.39, 0.29) is 22.4 Å². The topological polar surface area (TPSA) is 95.6 Å². The van der Waals surface area contributed by atoms with Gasteiger partial charge in [-0.25, -0.2) is 8.42 Å². The number of carbonyl (C=O) groups excluding carboxylic acids is 2. The van der Waals surface area contributed by atoms with E-state index >= 15 is 0 Å². The van der Waals surface area contributed by atoms with E-state index in [4.69, 9.17) is 11.6 Å². The van der Waals surface area contributed by atoms with Crippen molar-refractivity contribution >= 4 is 39.1 Å². The smallest absolute Gasteiger partial charge is 0.261 e. The van der Waals surface area contributed by atoms with Gasteiger partial charge in [0.15, 0.2) is 0 Å². The molecular weight excluding hydrogens is 426 g/mol. The fraction of sp³-hybridized carbons (Fsp3) is 0.333. The summed E-state index contributed by atoms with van der Waals surface area (Å²) in [7, 11) is -3.82. The summed E-state index contributed by atoms with van der Waals surface area (Å²) in [6, 6.07) is 11.6. The van der Waals surface area contributed by atoms with Gasteiger partial charge in [0, 0.05) is 29.4 Å². The van der Waals surface area contributed by atoms with Gasteiger partial charge in [-0.05, 0) is 61.7 Å². The predicted molar refractivity (Wildman–Crippen MR) is 116 cm³/mol. The van der Waals surface area contributed by atoms with Gasteiger partial charge in [-0.15, -0.1) is 0 Å². The summed E-state index contributed by atoms with van der Waals surface area (Å²) in [5.41, 5.74) is 0.587. The van der Waals surface area contributed by atoms with Gasteiger partial charge in [0.25, 0.3) is 15.9 Å². The second kappa shape index (κ2) is 9.49. The molecule has 1 fully saturated rings. The van der Waals surface area contributed by atoms with E-state index in [0.29, 0.717) is 30.1 Å². The van der Waals surface area contributed by atoms with Gasteiger partial charge in [-0.2, -0.15) is 0 Å². The fourth-order valence-corrected chi connectivity index (χ4v) is 4.53. The summed E-state index contributed by atoms with van der Waals surface area (Å²) in [6.07, 6.45) is 2.19. The first-order valence-electron chi connectivity index (χ1n) is 9.79. The molecule has 30 heavy (non-hydrogen) atoms. The van der Waals surface area contributed by atoms with Gasteiger partial charge in [-0.1, -0.05) is 24.6 Å². The molecule has 0 saturated carbocycles. The molecule has 0 aromatic heterocycles. The monoisotopic (exact) mass is 449 g/mol. The molecule has 0 aliphatic carbocycles. The highest BCUT2D eigenvalue weighted by atomic mass is 35.5. The van der Waals surface area contributed by atoms with Crippen molar-refractivity contribution in [1.82, 2.24) is 10.2 Å². The van der Waals surface area contributed by atoms with E-state index < -0.39 is 16.1 Å². The van der Waals surface area contributed by atoms with Crippen LogP contribution in [0.5, 0.6) is 0 Å². The van der Waals surface area contributed by atoms with Crippen molar-refractivity contribution in [3.05, 3.63) is 59.1 Å². The molecule has 0 spiro atoms. The molecule has 1 saturated heterocycles. The highest BCUT2D eigenvalue weighted by Gasteiger charge is 2.34. The molecule has 9 heteroatoms. The summed E-state index contributed by atoms with van der Waals surface area (Å²) in [6.45, 7) is 3.03. The Morgan fingerprint density at radius 1 is 1.17 bits per heavy atom. The van der Waals surface area contributed by atoms with Crippen LogP contribution in [0.1, 0.15) is 36.5 Å². The molecule has 1 aliphatic heterocycles. The van der Waals surface area contributed by atoms with Crippen molar-refractivity contribution in [2.45, 2.75) is 37.1 Å². The third-order valence-corrected chi connectivity index (χ3v) is 6.50. The number of benzene rings is 2. The number of anilines is 1. The van der Waals surface area contributed by atoms with Gasteiger partial charge in [0.05, 0.1) is 4.90 Å². The van der Waals surface area contributed by atoms with Gasteiger partial charge in [0.1, 0.15) is 6.04 Å². The third-order valence-electron chi connectivity index (χ3n) is 4.85. The lowest BCUT2D eigenvalue weighted by atomic mass is 10.1. The molecule has 0 bridgehead atoms. The average Bonchev–Trinajstić information content (AvgIpc) is 3.21. The molecule has 3 rings (SSSR count). The van der Waals surface area contributed by atoms with Crippen LogP contribution in [0.15, 0.2) is 53.4 Å². The van der Waals surface area contributed by atoms with E-state index in [9.17, 15) is 18.0 Å². The molecule has 2 aromatic rings. The Hall–Kier alpha value is -2.58. The molecule has 0 radical (unpaired) electrons. The molecule has 2 aromatic carbocycles. The Kier molecular flexibility index (Phi) is 6.99. The third kappa shape index (κ3) is 5.12. The molecule has 7 nitrogen and oxygen atoms in total. The van der Waals surface area contributed by atoms with Crippen molar-refractivity contribution in [2.24, 2.45) is 0 Å². The molecule has 2 amide bonds. The summed E-state index contributed by atoms with van der Waals surface area (Å²) in [4.78, 5) is 27.0. The van der Waals surface area contributed by atoms with Gasteiger partial charge < -0.3 is 10.2 Å². The number of halogens is 1. The zero-order chi connectivity index (χ0) is 21.7. The van der Waals surface area contributed by atoms with Crippen LogP contribution >= 0.6 is 11.6 Å². The van der Waals surface area contributed by atoms with E-state index in [1.807, 2.05) is 6.92 Å². The first-order valence-corrected chi connectivity index (χ1v) is 11.6. The number of sulfonamides is 1. The standard InChI is InChI=1S/C21H24ClN3O4S/c1-2-12-23-20(26)19-7-4-13-25(19)21(27)15-5-3-6-17(14-15)24-30(28,29)18-10-8-16(22)9-11-18/h3,5-6,8-11,14,19,24H,2,4,7,12-13H2,1H3,(H,23,26)/t19-/m1/s1. The van der Waals surface area contributed by atoms with Crippen LogP contribution in [0.3, 0.4) is 0 Å². The Labute approximate surface area is 181 Å². The lowest BCUT2D eigenvalue weighted by molar-refractivity contribution is -0.124. The number of likely N-dealkylation sites (tertiary alicyclic amines) is 1. The maximum Gasteiger partial charge on any atom is 0.261 e. The van der Waals surface area contributed by atoms with Crippen LogP contribution in [0.2, 0.25) is 5.02 Å². The Morgan fingerprint density at radius 2 is 1.90 bits per heavy atom. The van der Waals surface area contributed by atoms with E-state index in [1.165, 1.54) is 30.3 Å². The van der Waals surface area contributed by atoms with Crippen LogP contribution in [0.25, 0.3) is 0 Å². The zero-order valence-corrected chi connectivity index (χ0v) is 18.2. The van der Waals surface area contributed by atoms with Crippen LogP contribution in [-0.4, -0.2) is 44.3 Å². The van der Waals surface area contributed by atoms with Crippen molar-refractivity contribution < 1.29 is 18.0 Å². The Morgan fingerprint density at radius 3 is 2.60 bits per heavy atom. The molecule has 0 unspecified atom stereocenters. The first-order chi connectivity index (χ1) is 14.3. The van der Waals surface area contributed by atoms with Crippen LogP contribution in [-0.2, 0) is 14.8 Å². The summed E-state index contributed by atoms with van der Waals surface area (Å²) in [5.74, 6) is -0.445. The minimum absolute atomic E-state index is 0.0656. The van der Waals surface area contributed by atoms with E-state index in [1.54, 1.807) is 23.1 Å². The second-order valence-electron chi connectivity index (χ2n) is 7.09. The van der Waals surface area contributed by atoms with Gasteiger partial charge in [0.2, 0.25) is 5.91 Å². The lowest BCUT2D eigenvalue weighted by Crippen LogP contribution is -2.46. The highest BCUT2D eigenvalue weighted by Crippen LogP contribution is 2.23. The molecule has 1 atom stereocenters. The normalized spacial score (nSPS) is 16.3. The zero-order valence-electron chi connectivity index (χ0n) is 16.6. The van der Waals surface area contributed by atoms with Crippen molar-refractivity contribution in [1.29, 1.82) is 0 Å². The van der Waals surface area contributed by atoms with Gasteiger partial charge >= 0.3 is 0 Å². The number of hydrogen-bond acceptors (Lipinski definition) is 4. The minimum Gasteiger partial charge on any atom is -0.354 e. The molecule has 1 aliphatic rings. The number of carbonyl (C=O) groups is 2. The fourth-order valence-electron chi connectivity index (χ4n) is 3.36. The number of amides is 2. The number of hydrogen-bond donors (Lipinski definition) is 2. The van der Waals surface area contributed by atoms with E-state index in [0.717, 1.165) is 12.8 Å². The first kappa shape index (κ1) is 22.1. The minimum atomic E-state index is -3.82. The molecule has 160 valence electrons. The highest BCUT2D eigenvalue weighted by molar-refractivity contribution is 7.92.